The molecule has 3 aromatic rings. The number of nitrogens with zero attached hydrogens (tertiary/aromatic N) is 1. The van der Waals surface area contributed by atoms with Crippen LogP contribution < -0.4 is 10.9 Å². The molecule has 0 atom stereocenters. The Morgan fingerprint density at radius 1 is 1.00 bits per heavy atom. The molecule has 0 aliphatic heterocycles. The minimum Gasteiger partial charge on any atom is -0.444 e. The number of hydrogen-bond acceptors (Lipinski definition) is 5. The average Bonchev–Trinajstić information content (AvgIpc) is 2.65. The minimum atomic E-state index is -0.719. The van der Waals surface area contributed by atoms with Crippen molar-refractivity contribution in [3.05, 3.63) is 74.7 Å². The number of pyridine rings is 1. The van der Waals surface area contributed by atoms with Gasteiger partial charge < -0.3 is 15.0 Å². The number of aromatic nitrogens is 1. The third kappa shape index (κ3) is 4.74. The number of hydrogen-bond donors (Lipinski definition) is 2. The summed E-state index contributed by atoms with van der Waals surface area (Å²) >= 11 is 0. The number of carbonyl (C=O) groups is 1. The number of benzene rings is 2. The molecule has 0 spiro atoms. The second-order valence-corrected chi connectivity index (χ2v) is 8.82. The maximum atomic E-state index is 12.2. The van der Waals surface area contributed by atoms with Crippen molar-refractivity contribution in [3.8, 4) is 11.1 Å². The van der Waals surface area contributed by atoms with E-state index in [-0.39, 0.29) is 22.0 Å². The largest absolute Gasteiger partial charge is 0.444 e. The molecule has 0 aliphatic carbocycles. The van der Waals surface area contributed by atoms with Crippen LogP contribution in [0.4, 0.5) is 10.5 Å². The van der Waals surface area contributed by atoms with Crippen molar-refractivity contribution >= 4 is 22.6 Å². The predicted octanol–water partition coefficient (Wildman–Crippen LogP) is 4.86. The summed E-state index contributed by atoms with van der Waals surface area (Å²) in [5.74, 6) is 0. The van der Waals surface area contributed by atoms with Crippen molar-refractivity contribution in [2.24, 2.45) is 0 Å². The quantitative estimate of drug-likeness (QED) is 0.459. The molecule has 2 aromatic carbocycles. The van der Waals surface area contributed by atoms with E-state index in [0.29, 0.717) is 11.1 Å². The Bertz CT molecular complexity index is 1200. The Balaban J connectivity index is 1.97. The number of fused-ring (bicyclic) bond motifs is 1. The molecule has 31 heavy (non-hydrogen) atoms. The first-order chi connectivity index (χ1) is 14.4. The van der Waals surface area contributed by atoms with Gasteiger partial charge in [-0.15, -0.1) is 0 Å². The van der Waals surface area contributed by atoms with E-state index in [0.717, 1.165) is 5.56 Å². The lowest BCUT2D eigenvalue weighted by atomic mass is 9.91. The van der Waals surface area contributed by atoms with Gasteiger partial charge in [0.15, 0.2) is 0 Å². The molecule has 1 amide bonds. The lowest BCUT2D eigenvalue weighted by molar-refractivity contribution is -0.382. The van der Waals surface area contributed by atoms with Gasteiger partial charge in [0.05, 0.1) is 26.8 Å². The number of carbonyl (C=O) groups excluding carboxylic acids is 1. The highest BCUT2D eigenvalue weighted by Gasteiger charge is 2.27. The summed E-state index contributed by atoms with van der Waals surface area (Å²) in [4.78, 5) is 38.1. The van der Waals surface area contributed by atoms with E-state index in [1.54, 1.807) is 57.2 Å². The Labute approximate surface area is 179 Å². The van der Waals surface area contributed by atoms with Gasteiger partial charge in [-0.2, -0.15) is 0 Å². The van der Waals surface area contributed by atoms with Crippen LogP contribution >= 0.6 is 0 Å². The Kier molecular flexibility index (Phi) is 5.59. The molecular formula is C23H25N3O5. The van der Waals surface area contributed by atoms with Crippen LogP contribution in [0.2, 0.25) is 0 Å². The third-order valence-electron chi connectivity index (χ3n) is 4.84. The van der Waals surface area contributed by atoms with Gasteiger partial charge in [0, 0.05) is 6.20 Å². The first-order valence-electron chi connectivity index (χ1n) is 9.80. The highest BCUT2D eigenvalue weighted by Crippen LogP contribution is 2.36. The summed E-state index contributed by atoms with van der Waals surface area (Å²) in [6.45, 7) is 9.06. The number of nitro benzene ring substituents is 1. The lowest BCUT2D eigenvalue weighted by Crippen LogP contribution is -2.43. The van der Waals surface area contributed by atoms with Crippen molar-refractivity contribution in [1.82, 2.24) is 10.3 Å². The predicted molar refractivity (Wildman–Crippen MR) is 119 cm³/mol. The maximum absolute atomic E-state index is 12.2. The second-order valence-electron chi connectivity index (χ2n) is 8.82. The molecule has 162 valence electrons. The number of amides is 1. The normalized spacial score (nSPS) is 11.9. The Morgan fingerprint density at radius 3 is 2.23 bits per heavy atom. The van der Waals surface area contributed by atoms with Crippen LogP contribution in [0.25, 0.3) is 21.9 Å². The first-order valence-corrected chi connectivity index (χ1v) is 9.80. The van der Waals surface area contributed by atoms with Crippen LogP contribution in [0.3, 0.4) is 0 Å². The molecule has 8 nitrogen and oxygen atoms in total. The van der Waals surface area contributed by atoms with Gasteiger partial charge in [0.2, 0.25) is 0 Å². The highest BCUT2D eigenvalue weighted by atomic mass is 16.6. The number of aromatic amines is 1. The summed E-state index contributed by atoms with van der Waals surface area (Å²) in [5, 5.41) is 15.2. The van der Waals surface area contributed by atoms with Crippen molar-refractivity contribution in [2.75, 3.05) is 0 Å². The topological polar surface area (TPSA) is 114 Å². The van der Waals surface area contributed by atoms with Crippen LogP contribution in [0, 0.1) is 10.1 Å². The smallest absolute Gasteiger partial charge is 0.408 e. The molecule has 0 aliphatic rings. The number of alkyl carbamates (subject to hydrolysis) is 1. The number of nitrogens with one attached hydrogen (secondary N) is 2. The van der Waals surface area contributed by atoms with Gasteiger partial charge in [0.25, 0.3) is 11.2 Å². The van der Waals surface area contributed by atoms with Gasteiger partial charge in [-0.25, -0.2) is 4.79 Å². The van der Waals surface area contributed by atoms with E-state index >= 15 is 0 Å². The van der Waals surface area contributed by atoms with E-state index in [1.165, 1.54) is 12.3 Å². The van der Waals surface area contributed by atoms with E-state index in [1.807, 2.05) is 13.8 Å². The Hall–Kier alpha value is -3.68. The molecule has 2 N–H and O–H groups in total. The fraction of sp³-hybridized carbons (Fsp3) is 0.304. The van der Waals surface area contributed by atoms with Crippen LogP contribution in [0.5, 0.6) is 0 Å². The standard InChI is InChI=1S/C23H25N3O5/c1-22(2,3)31-21(28)25-23(4,5)15-8-6-14(7-9-15)16-10-11-18-17(19(16)26(29)30)12-13-24-20(18)27/h6-13H,1-5H3,(H,24,27)(H,25,28). The molecule has 0 saturated carbocycles. The van der Waals surface area contributed by atoms with E-state index in [2.05, 4.69) is 10.3 Å². The van der Waals surface area contributed by atoms with Crippen LogP contribution in [-0.2, 0) is 10.3 Å². The van der Waals surface area contributed by atoms with Gasteiger partial charge in [-0.05, 0) is 63.9 Å². The van der Waals surface area contributed by atoms with E-state index in [9.17, 15) is 19.7 Å². The van der Waals surface area contributed by atoms with Crippen LogP contribution in [0.1, 0.15) is 40.2 Å². The summed E-state index contributed by atoms with van der Waals surface area (Å²) < 4.78 is 5.33. The molecule has 0 radical (unpaired) electrons. The molecule has 8 heteroatoms. The minimum absolute atomic E-state index is 0.123. The van der Waals surface area contributed by atoms with Gasteiger partial charge in [-0.3, -0.25) is 14.9 Å². The number of rotatable bonds is 4. The molecule has 0 fully saturated rings. The van der Waals surface area contributed by atoms with Crippen molar-refractivity contribution in [1.29, 1.82) is 0 Å². The average molecular weight is 423 g/mol. The van der Waals surface area contributed by atoms with Crippen LogP contribution in [-0.4, -0.2) is 21.6 Å². The van der Waals surface area contributed by atoms with Crippen molar-refractivity contribution in [2.45, 2.75) is 45.8 Å². The zero-order valence-corrected chi connectivity index (χ0v) is 18.1. The number of H-pyrrole nitrogens is 1. The third-order valence-corrected chi connectivity index (χ3v) is 4.84. The zero-order chi connectivity index (χ0) is 23.0. The summed E-state index contributed by atoms with van der Waals surface area (Å²) in [6, 6.07) is 11.8. The highest BCUT2D eigenvalue weighted by molar-refractivity contribution is 5.97. The molecule has 3 rings (SSSR count). The van der Waals surface area contributed by atoms with Gasteiger partial charge >= 0.3 is 6.09 Å². The molecule has 1 aromatic heterocycles. The molecule has 0 bridgehead atoms. The summed E-state index contributed by atoms with van der Waals surface area (Å²) in [5.41, 5.74) is 0.0183. The van der Waals surface area contributed by atoms with Crippen molar-refractivity contribution in [3.63, 3.8) is 0 Å². The molecule has 1 heterocycles. The fourth-order valence-electron chi connectivity index (χ4n) is 3.38. The molecular weight excluding hydrogens is 398 g/mol. The monoisotopic (exact) mass is 423 g/mol. The summed E-state index contributed by atoms with van der Waals surface area (Å²) in [6.07, 6.45) is 0.868. The molecule has 0 unspecified atom stereocenters. The lowest BCUT2D eigenvalue weighted by Gasteiger charge is -2.29. The van der Waals surface area contributed by atoms with E-state index in [4.69, 9.17) is 4.74 Å². The van der Waals surface area contributed by atoms with Crippen molar-refractivity contribution < 1.29 is 14.5 Å². The second kappa shape index (κ2) is 7.86. The molecule has 0 saturated heterocycles. The van der Waals surface area contributed by atoms with Crippen LogP contribution in [0.15, 0.2) is 53.5 Å². The first kappa shape index (κ1) is 22.0. The number of ether oxygens (including phenoxy) is 1. The van der Waals surface area contributed by atoms with E-state index < -0.39 is 22.2 Å². The zero-order valence-electron chi connectivity index (χ0n) is 18.1. The number of nitro groups is 1. The summed E-state index contributed by atoms with van der Waals surface area (Å²) in [7, 11) is 0. The maximum Gasteiger partial charge on any atom is 0.408 e. The van der Waals surface area contributed by atoms with Gasteiger partial charge in [0.1, 0.15) is 5.60 Å². The SMILES string of the molecule is CC(C)(C)OC(=O)NC(C)(C)c1ccc(-c2ccc3c(=O)[nH]ccc3c2[N+](=O)[O-])cc1. The van der Waals surface area contributed by atoms with Gasteiger partial charge in [-0.1, -0.05) is 24.3 Å². The Morgan fingerprint density at radius 2 is 1.65 bits per heavy atom. The fourth-order valence-corrected chi connectivity index (χ4v) is 3.38.